The Kier molecular flexibility index (Phi) is 3.92. The first kappa shape index (κ1) is 14.8. The van der Waals surface area contributed by atoms with Crippen LogP contribution in [0.4, 0.5) is 11.4 Å². The molecule has 0 spiro atoms. The van der Waals surface area contributed by atoms with Gasteiger partial charge in [0, 0.05) is 23.7 Å². The zero-order valence-corrected chi connectivity index (χ0v) is 13.9. The molecule has 0 bridgehead atoms. The van der Waals surface area contributed by atoms with Crippen LogP contribution in [0.3, 0.4) is 0 Å². The molecule has 1 aliphatic carbocycles. The number of fused-ring (bicyclic) bond motifs is 2. The SMILES string of the molecule is CN(c1ccccc1)c1c2c(cc3ccccc13)/C=C\CC/C=C\2. The molecule has 0 atom stereocenters. The average molecular weight is 311 g/mol. The van der Waals surface area contributed by atoms with Crippen molar-refractivity contribution in [2.24, 2.45) is 0 Å². The minimum atomic E-state index is 1.09. The number of allylic oxidation sites excluding steroid dienone is 2. The van der Waals surface area contributed by atoms with Crippen molar-refractivity contribution >= 4 is 34.3 Å². The van der Waals surface area contributed by atoms with E-state index in [2.05, 4.69) is 96.9 Å². The van der Waals surface area contributed by atoms with E-state index in [-0.39, 0.29) is 0 Å². The molecule has 4 rings (SSSR count). The Hall–Kier alpha value is -2.80. The fourth-order valence-electron chi connectivity index (χ4n) is 3.42. The second-order valence-corrected chi connectivity index (χ2v) is 6.23. The monoisotopic (exact) mass is 311 g/mol. The van der Waals surface area contributed by atoms with E-state index < -0.39 is 0 Å². The van der Waals surface area contributed by atoms with E-state index in [0.29, 0.717) is 0 Å². The molecule has 3 aromatic carbocycles. The summed E-state index contributed by atoms with van der Waals surface area (Å²) < 4.78 is 0. The third-order valence-electron chi connectivity index (χ3n) is 4.65. The van der Waals surface area contributed by atoms with Crippen LogP contribution in [0.5, 0.6) is 0 Å². The van der Waals surface area contributed by atoms with Gasteiger partial charge < -0.3 is 4.90 Å². The molecule has 118 valence electrons. The number of hydrogen-bond donors (Lipinski definition) is 0. The Morgan fingerprint density at radius 1 is 0.792 bits per heavy atom. The van der Waals surface area contributed by atoms with Gasteiger partial charge in [-0.05, 0) is 42.0 Å². The number of para-hydroxylation sites is 1. The summed E-state index contributed by atoms with van der Waals surface area (Å²) in [6.45, 7) is 0. The fourth-order valence-corrected chi connectivity index (χ4v) is 3.42. The lowest BCUT2D eigenvalue weighted by atomic mass is 9.94. The van der Waals surface area contributed by atoms with Crippen molar-refractivity contribution in [3.63, 3.8) is 0 Å². The zero-order chi connectivity index (χ0) is 16.4. The lowest BCUT2D eigenvalue weighted by Gasteiger charge is -2.25. The van der Waals surface area contributed by atoms with Crippen LogP contribution in [0.15, 0.2) is 72.8 Å². The molecule has 0 saturated heterocycles. The van der Waals surface area contributed by atoms with Crippen molar-refractivity contribution in [2.75, 3.05) is 11.9 Å². The number of hydrogen-bond acceptors (Lipinski definition) is 1. The molecule has 0 unspecified atom stereocenters. The van der Waals surface area contributed by atoms with Crippen molar-refractivity contribution in [3.05, 3.63) is 83.9 Å². The molecule has 0 saturated carbocycles. The minimum absolute atomic E-state index is 1.09. The standard InChI is InChI=1S/C23H21N/c1-24(20-13-6-4-7-14-20)23-21-15-8-3-2-5-11-18(21)17-19-12-9-10-16-22(19)23/h4-17H,2-3H2,1H3/b11-5-,15-8-. The largest absolute Gasteiger partial charge is 0.344 e. The normalized spacial score (nSPS) is 16.0. The first-order valence-corrected chi connectivity index (χ1v) is 8.52. The molecule has 1 heteroatoms. The summed E-state index contributed by atoms with van der Waals surface area (Å²) in [5.74, 6) is 0. The third kappa shape index (κ3) is 2.63. The molecule has 0 aliphatic heterocycles. The van der Waals surface area contributed by atoms with Crippen LogP contribution in [0.25, 0.3) is 22.9 Å². The van der Waals surface area contributed by atoms with E-state index in [0.717, 1.165) is 12.8 Å². The van der Waals surface area contributed by atoms with Crippen LogP contribution < -0.4 is 4.90 Å². The quantitative estimate of drug-likeness (QED) is 0.527. The molecule has 0 heterocycles. The Balaban J connectivity index is 2.03. The van der Waals surface area contributed by atoms with E-state index in [9.17, 15) is 0 Å². The van der Waals surface area contributed by atoms with Gasteiger partial charge in [0.1, 0.15) is 0 Å². The second-order valence-electron chi connectivity index (χ2n) is 6.23. The van der Waals surface area contributed by atoms with E-state index in [1.807, 2.05) is 0 Å². The van der Waals surface area contributed by atoms with Gasteiger partial charge in [-0.1, -0.05) is 66.8 Å². The Morgan fingerprint density at radius 3 is 2.33 bits per heavy atom. The summed E-state index contributed by atoms with van der Waals surface area (Å²) in [5.41, 5.74) is 5.08. The molecular formula is C23H21N. The average Bonchev–Trinajstić information content (AvgIpc) is 2.61. The summed E-state index contributed by atoms with van der Waals surface area (Å²) in [5, 5.41) is 2.58. The predicted octanol–water partition coefficient (Wildman–Crippen LogP) is 6.43. The summed E-state index contributed by atoms with van der Waals surface area (Å²) in [7, 11) is 2.16. The highest BCUT2D eigenvalue weighted by Gasteiger charge is 2.15. The molecular weight excluding hydrogens is 290 g/mol. The van der Waals surface area contributed by atoms with Crippen LogP contribution >= 0.6 is 0 Å². The summed E-state index contributed by atoms with van der Waals surface area (Å²) >= 11 is 0. The number of anilines is 2. The maximum atomic E-state index is 2.31. The zero-order valence-electron chi connectivity index (χ0n) is 13.9. The van der Waals surface area contributed by atoms with Gasteiger partial charge in [-0.25, -0.2) is 0 Å². The van der Waals surface area contributed by atoms with Crippen molar-refractivity contribution < 1.29 is 0 Å². The predicted molar refractivity (Wildman–Crippen MR) is 106 cm³/mol. The molecule has 3 aromatic rings. The minimum Gasteiger partial charge on any atom is -0.344 e. The second kappa shape index (κ2) is 6.37. The van der Waals surface area contributed by atoms with E-state index in [1.54, 1.807) is 0 Å². The van der Waals surface area contributed by atoms with E-state index in [4.69, 9.17) is 0 Å². The summed E-state index contributed by atoms with van der Waals surface area (Å²) in [4.78, 5) is 2.31. The van der Waals surface area contributed by atoms with Crippen LogP contribution in [-0.4, -0.2) is 7.05 Å². The van der Waals surface area contributed by atoms with Gasteiger partial charge in [0.2, 0.25) is 0 Å². The molecule has 0 aromatic heterocycles. The molecule has 0 amide bonds. The van der Waals surface area contributed by atoms with Gasteiger partial charge in [-0.2, -0.15) is 0 Å². The third-order valence-corrected chi connectivity index (χ3v) is 4.65. The van der Waals surface area contributed by atoms with Crippen molar-refractivity contribution in [1.29, 1.82) is 0 Å². The molecule has 1 aliphatic rings. The van der Waals surface area contributed by atoms with E-state index >= 15 is 0 Å². The Morgan fingerprint density at radius 2 is 1.50 bits per heavy atom. The number of benzene rings is 3. The van der Waals surface area contributed by atoms with Crippen LogP contribution in [0, 0.1) is 0 Å². The summed E-state index contributed by atoms with van der Waals surface area (Å²) in [6.07, 6.45) is 11.3. The first-order valence-electron chi connectivity index (χ1n) is 8.52. The smallest absolute Gasteiger partial charge is 0.0567 e. The Labute approximate surface area is 143 Å². The van der Waals surface area contributed by atoms with Gasteiger partial charge in [-0.3, -0.25) is 0 Å². The molecule has 1 nitrogen and oxygen atoms in total. The van der Waals surface area contributed by atoms with Crippen molar-refractivity contribution in [2.45, 2.75) is 12.8 Å². The molecule has 0 fully saturated rings. The lowest BCUT2D eigenvalue weighted by molar-refractivity contribution is 1.06. The maximum absolute atomic E-state index is 2.31. The summed E-state index contributed by atoms with van der Waals surface area (Å²) in [6, 6.07) is 21.5. The highest BCUT2D eigenvalue weighted by atomic mass is 15.1. The lowest BCUT2D eigenvalue weighted by Crippen LogP contribution is -2.12. The van der Waals surface area contributed by atoms with Gasteiger partial charge in [-0.15, -0.1) is 0 Å². The van der Waals surface area contributed by atoms with Crippen LogP contribution in [0.2, 0.25) is 0 Å². The Bertz CT molecular complexity index is 919. The maximum Gasteiger partial charge on any atom is 0.0567 e. The highest BCUT2D eigenvalue weighted by Crippen LogP contribution is 2.38. The van der Waals surface area contributed by atoms with E-state index in [1.165, 1.54) is 33.3 Å². The first-order chi connectivity index (χ1) is 11.8. The molecule has 0 N–H and O–H groups in total. The van der Waals surface area contributed by atoms with Gasteiger partial charge in [0.05, 0.1) is 5.69 Å². The molecule has 24 heavy (non-hydrogen) atoms. The highest BCUT2D eigenvalue weighted by molar-refractivity contribution is 6.02. The fraction of sp³-hybridized carbons (Fsp3) is 0.130. The van der Waals surface area contributed by atoms with Crippen LogP contribution in [0.1, 0.15) is 24.0 Å². The van der Waals surface area contributed by atoms with Gasteiger partial charge in [0.25, 0.3) is 0 Å². The van der Waals surface area contributed by atoms with Gasteiger partial charge in [0.15, 0.2) is 0 Å². The molecule has 0 radical (unpaired) electrons. The van der Waals surface area contributed by atoms with Crippen LogP contribution in [-0.2, 0) is 0 Å². The number of rotatable bonds is 2. The topological polar surface area (TPSA) is 3.24 Å². The van der Waals surface area contributed by atoms with Crippen molar-refractivity contribution in [1.82, 2.24) is 0 Å². The van der Waals surface area contributed by atoms with Gasteiger partial charge >= 0.3 is 0 Å². The van der Waals surface area contributed by atoms with Crippen molar-refractivity contribution in [3.8, 4) is 0 Å². The number of nitrogens with zero attached hydrogens (tertiary/aromatic N) is 1.